The number of ether oxygens (including phenoxy) is 3. The van der Waals surface area contributed by atoms with Gasteiger partial charge in [-0.25, -0.2) is 0 Å². The van der Waals surface area contributed by atoms with Crippen molar-refractivity contribution in [1.82, 2.24) is 0 Å². The molecule has 116 valence electrons. The van der Waals surface area contributed by atoms with Crippen LogP contribution in [0.5, 0.6) is 5.75 Å². The van der Waals surface area contributed by atoms with E-state index in [1.54, 1.807) is 0 Å². The molecule has 1 saturated heterocycles. The van der Waals surface area contributed by atoms with Crippen molar-refractivity contribution in [2.75, 3.05) is 13.2 Å². The van der Waals surface area contributed by atoms with E-state index in [4.69, 9.17) is 14.2 Å². The van der Waals surface area contributed by atoms with Crippen molar-refractivity contribution in [1.29, 1.82) is 0 Å². The molecular weight excluding hydrogens is 276 g/mol. The zero-order valence-electron chi connectivity index (χ0n) is 13.4. The maximum atomic E-state index is 6.00. The summed E-state index contributed by atoms with van der Waals surface area (Å²) in [5, 5.41) is 0. The molecule has 0 aliphatic carbocycles. The summed E-state index contributed by atoms with van der Waals surface area (Å²) in [6.07, 6.45) is -0.263. The first-order valence-corrected chi connectivity index (χ1v) is 7.67. The predicted molar refractivity (Wildman–Crippen MR) is 86.1 cm³/mol. The van der Waals surface area contributed by atoms with E-state index < -0.39 is 0 Å². The van der Waals surface area contributed by atoms with Gasteiger partial charge in [-0.1, -0.05) is 24.3 Å². The number of aryl methyl sites for hydroxylation is 2. The second kappa shape index (κ2) is 6.51. The molecule has 2 aromatic rings. The number of hydrogen-bond donors (Lipinski definition) is 0. The summed E-state index contributed by atoms with van der Waals surface area (Å²) in [7, 11) is 0. The van der Waals surface area contributed by atoms with Crippen LogP contribution in [-0.4, -0.2) is 13.2 Å². The minimum absolute atomic E-state index is 0.263. The van der Waals surface area contributed by atoms with Gasteiger partial charge in [-0.2, -0.15) is 0 Å². The van der Waals surface area contributed by atoms with Crippen LogP contribution in [-0.2, 0) is 16.1 Å². The molecule has 22 heavy (non-hydrogen) atoms. The van der Waals surface area contributed by atoms with Gasteiger partial charge in [0.25, 0.3) is 0 Å². The molecule has 1 aliphatic heterocycles. The lowest BCUT2D eigenvalue weighted by molar-refractivity contribution is -0.0451. The summed E-state index contributed by atoms with van der Waals surface area (Å²) in [6, 6.07) is 12.3. The largest absolute Gasteiger partial charge is 0.489 e. The van der Waals surface area contributed by atoms with Crippen LogP contribution in [0.3, 0.4) is 0 Å². The van der Waals surface area contributed by atoms with Gasteiger partial charge in [-0.3, -0.25) is 0 Å². The normalized spacial score (nSPS) is 15.2. The molecule has 3 nitrogen and oxygen atoms in total. The number of benzene rings is 2. The van der Waals surface area contributed by atoms with Crippen LogP contribution in [0.2, 0.25) is 0 Å². The smallest absolute Gasteiger partial charge is 0.184 e. The van der Waals surface area contributed by atoms with Gasteiger partial charge in [0, 0.05) is 5.56 Å². The Bertz CT molecular complexity index is 634. The zero-order chi connectivity index (χ0) is 15.5. The van der Waals surface area contributed by atoms with Gasteiger partial charge in [0.1, 0.15) is 12.4 Å². The first-order valence-electron chi connectivity index (χ1n) is 7.67. The predicted octanol–water partition coefficient (Wildman–Crippen LogP) is 4.24. The molecule has 0 N–H and O–H groups in total. The van der Waals surface area contributed by atoms with E-state index in [-0.39, 0.29) is 6.29 Å². The summed E-state index contributed by atoms with van der Waals surface area (Å²) in [5.74, 6) is 0.906. The summed E-state index contributed by atoms with van der Waals surface area (Å²) >= 11 is 0. The Labute approximate surface area is 131 Å². The minimum atomic E-state index is -0.263. The first-order chi connectivity index (χ1) is 10.6. The fourth-order valence-electron chi connectivity index (χ4n) is 2.67. The van der Waals surface area contributed by atoms with Gasteiger partial charge < -0.3 is 14.2 Å². The fraction of sp³-hybridized carbons (Fsp3) is 0.368. The van der Waals surface area contributed by atoms with Gasteiger partial charge in [0.15, 0.2) is 6.29 Å². The zero-order valence-corrected chi connectivity index (χ0v) is 13.4. The van der Waals surface area contributed by atoms with E-state index >= 15 is 0 Å². The number of rotatable bonds is 4. The molecule has 3 rings (SSSR count). The van der Waals surface area contributed by atoms with Crippen LogP contribution in [0.1, 0.15) is 34.1 Å². The standard InChI is InChI=1S/C19H22O3/c1-13-10-17(11-14(2)15(13)3)22-12-16-6-4-5-7-18(16)19-20-8-9-21-19/h4-7,10-11,19H,8-9,12H2,1-3H3. The molecule has 0 saturated carbocycles. The van der Waals surface area contributed by atoms with Crippen LogP contribution in [0.4, 0.5) is 0 Å². The maximum absolute atomic E-state index is 6.00. The highest BCUT2D eigenvalue weighted by Crippen LogP contribution is 2.28. The molecule has 0 atom stereocenters. The van der Waals surface area contributed by atoms with Gasteiger partial charge >= 0.3 is 0 Å². The number of hydrogen-bond acceptors (Lipinski definition) is 3. The van der Waals surface area contributed by atoms with Crippen LogP contribution < -0.4 is 4.74 Å². The molecule has 0 bridgehead atoms. The molecule has 1 fully saturated rings. The Morgan fingerprint density at radius 3 is 2.32 bits per heavy atom. The third kappa shape index (κ3) is 3.16. The molecular formula is C19H22O3. The van der Waals surface area contributed by atoms with Crippen LogP contribution in [0.15, 0.2) is 36.4 Å². The molecule has 0 unspecified atom stereocenters. The van der Waals surface area contributed by atoms with Gasteiger partial charge in [0.05, 0.1) is 13.2 Å². The Kier molecular flexibility index (Phi) is 4.46. The fourth-order valence-corrected chi connectivity index (χ4v) is 2.67. The molecule has 3 heteroatoms. The molecule has 1 heterocycles. The Morgan fingerprint density at radius 2 is 1.64 bits per heavy atom. The van der Waals surface area contributed by atoms with E-state index in [1.807, 2.05) is 18.2 Å². The van der Waals surface area contributed by atoms with Crippen molar-refractivity contribution in [2.24, 2.45) is 0 Å². The second-order valence-corrected chi connectivity index (χ2v) is 5.74. The van der Waals surface area contributed by atoms with Gasteiger partial charge in [-0.15, -0.1) is 0 Å². The lowest BCUT2D eigenvalue weighted by Gasteiger charge is -2.16. The highest BCUT2D eigenvalue weighted by atomic mass is 16.7. The van der Waals surface area contributed by atoms with Crippen molar-refractivity contribution in [3.05, 3.63) is 64.2 Å². The average molecular weight is 298 g/mol. The van der Waals surface area contributed by atoms with Gasteiger partial charge in [-0.05, 0) is 55.2 Å². The third-order valence-electron chi connectivity index (χ3n) is 4.23. The molecule has 0 aromatic heterocycles. The highest BCUT2D eigenvalue weighted by molar-refractivity contribution is 5.40. The van der Waals surface area contributed by atoms with E-state index in [2.05, 4.69) is 39.0 Å². The SMILES string of the molecule is Cc1cc(OCc2ccccc2C2OCCO2)cc(C)c1C. The van der Waals surface area contributed by atoms with Crippen LogP contribution in [0, 0.1) is 20.8 Å². The molecule has 0 radical (unpaired) electrons. The van der Waals surface area contributed by atoms with Crippen molar-refractivity contribution < 1.29 is 14.2 Å². The molecule has 1 aliphatic rings. The first kappa shape index (κ1) is 15.1. The van der Waals surface area contributed by atoms with E-state index in [0.717, 1.165) is 16.9 Å². The van der Waals surface area contributed by atoms with Crippen molar-refractivity contribution >= 4 is 0 Å². The lowest BCUT2D eigenvalue weighted by Crippen LogP contribution is -2.06. The Balaban J connectivity index is 1.77. The average Bonchev–Trinajstić information content (AvgIpc) is 3.05. The molecule has 2 aromatic carbocycles. The third-order valence-corrected chi connectivity index (χ3v) is 4.23. The summed E-state index contributed by atoms with van der Waals surface area (Å²) in [6.45, 7) is 8.18. The molecule has 0 amide bonds. The lowest BCUT2D eigenvalue weighted by atomic mass is 10.0. The maximum Gasteiger partial charge on any atom is 0.184 e. The summed E-state index contributed by atoms with van der Waals surface area (Å²) < 4.78 is 17.2. The summed E-state index contributed by atoms with van der Waals surface area (Å²) in [4.78, 5) is 0. The molecule has 0 spiro atoms. The van der Waals surface area contributed by atoms with Crippen LogP contribution >= 0.6 is 0 Å². The van der Waals surface area contributed by atoms with Crippen molar-refractivity contribution in [3.8, 4) is 5.75 Å². The van der Waals surface area contributed by atoms with E-state index in [0.29, 0.717) is 19.8 Å². The summed E-state index contributed by atoms with van der Waals surface area (Å²) in [5.41, 5.74) is 5.99. The van der Waals surface area contributed by atoms with E-state index in [1.165, 1.54) is 16.7 Å². The Morgan fingerprint density at radius 1 is 1.00 bits per heavy atom. The second-order valence-electron chi connectivity index (χ2n) is 5.74. The monoisotopic (exact) mass is 298 g/mol. The minimum Gasteiger partial charge on any atom is -0.489 e. The Hall–Kier alpha value is -1.84. The quantitative estimate of drug-likeness (QED) is 0.845. The van der Waals surface area contributed by atoms with Crippen molar-refractivity contribution in [2.45, 2.75) is 33.7 Å². The highest BCUT2D eigenvalue weighted by Gasteiger charge is 2.21. The van der Waals surface area contributed by atoms with E-state index in [9.17, 15) is 0 Å². The van der Waals surface area contributed by atoms with Gasteiger partial charge in [0.2, 0.25) is 0 Å². The van der Waals surface area contributed by atoms with Crippen molar-refractivity contribution in [3.63, 3.8) is 0 Å². The van der Waals surface area contributed by atoms with Crippen LogP contribution in [0.25, 0.3) is 0 Å². The topological polar surface area (TPSA) is 27.7 Å².